The molecule has 6 heteroatoms. The minimum atomic E-state index is -0.985. The number of benzene rings is 4. The molecule has 0 aliphatic carbocycles. The Balaban J connectivity index is 1.22. The van der Waals surface area contributed by atoms with Gasteiger partial charge in [-0.15, -0.1) is 0 Å². The molecule has 37 heavy (non-hydrogen) atoms. The van der Waals surface area contributed by atoms with Crippen molar-refractivity contribution < 1.29 is 19.1 Å². The van der Waals surface area contributed by atoms with Crippen molar-refractivity contribution >= 4 is 33.9 Å². The van der Waals surface area contributed by atoms with Gasteiger partial charge in [0, 0.05) is 18.5 Å². The zero-order valence-electron chi connectivity index (χ0n) is 20.7. The molecular weight excluding hydrogens is 464 g/mol. The number of hydrogen-bond donors (Lipinski definition) is 1. The van der Waals surface area contributed by atoms with Gasteiger partial charge in [-0.25, -0.2) is 4.79 Å². The highest BCUT2D eigenvalue weighted by molar-refractivity contribution is 6.00. The van der Waals surface area contributed by atoms with E-state index in [1.165, 1.54) is 5.56 Å². The number of carboxylic acid groups (broad SMARTS) is 1. The van der Waals surface area contributed by atoms with Gasteiger partial charge >= 0.3 is 5.97 Å². The monoisotopic (exact) mass is 494 g/mol. The fourth-order valence-electron chi connectivity index (χ4n) is 4.56. The topological polar surface area (TPSA) is 75.8 Å². The Morgan fingerprint density at radius 3 is 2.43 bits per heavy atom. The zero-order valence-corrected chi connectivity index (χ0v) is 20.7. The minimum absolute atomic E-state index is 0.188. The maximum atomic E-state index is 11.8. The highest BCUT2D eigenvalue weighted by atomic mass is 16.5. The van der Waals surface area contributed by atoms with Crippen molar-refractivity contribution in [1.82, 2.24) is 4.98 Å². The number of fused-ring (bicyclic) bond motifs is 2. The van der Waals surface area contributed by atoms with Crippen LogP contribution >= 0.6 is 0 Å². The number of nitrogens with zero attached hydrogens (tertiary/aromatic N) is 2. The molecule has 188 valence electrons. The molecule has 0 amide bonds. The lowest BCUT2D eigenvalue weighted by Gasteiger charge is -2.21. The molecule has 1 N–H and O–H groups in total. The van der Waals surface area contributed by atoms with Crippen LogP contribution in [0.15, 0.2) is 95.4 Å². The summed E-state index contributed by atoms with van der Waals surface area (Å²) in [6.45, 7) is 2.03. The molecule has 0 saturated carbocycles. The maximum absolute atomic E-state index is 11.8. The second kappa shape index (κ2) is 11.6. The molecular formula is C31H30N2O4. The van der Waals surface area contributed by atoms with E-state index in [1.54, 1.807) is 6.07 Å². The zero-order chi connectivity index (χ0) is 25.5. The first-order valence-electron chi connectivity index (χ1n) is 12.7. The van der Waals surface area contributed by atoms with Crippen molar-refractivity contribution in [1.29, 1.82) is 0 Å². The van der Waals surface area contributed by atoms with E-state index in [-0.39, 0.29) is 5.56 Å². The number of aromatic nitrogens is 1. The van der Waals surface area contributed by atoms with Crippen LogP contribution in [0.2, 0.25) is 0 Å². The molecule has 0 unspecified atom stereocenters. The predicted octanol–water partition coefficient (Wildman–Crippen LogP) is 6.98. The molecule has 5 rings (SSSR count). The Morgan fingerprint density at radius 1 is 0.838 bits per heavy atom. The Labute approximate surface area is 216 Å². The van der Waals surface area contributed by atoms with E-state index in [9.17, 15) is 9.90 Å². The number of hydrogen-bond acceptors (Lipinski definition) is 5. The molecule has 0 atom stereocenters. The number of para-hydroxylation sites is 2. The van der Waals surface area contributed by atoms with E-state index >= 15 is 0 Å². The number of carbonyl (C=O) groups is 1. The van der Waals surface area contributed by atoms with Crippen molar-refractivity contribution in [2.45, 2.75) is 25.7 Å². The second-order valence-corrected chi connectivity index (χ2v) is 9.06. The lowest BCUT2D eigenvalue weighted by atomic mass is 10.1. The number of aromatic carboxylic acids is 1. The van der Waals surface area contributed by atoms with E-state index < -0.39 is 5.97 Å². The molecule has 0 spiro atoms. The highest BCUT2D eigenvalue weighted by Crippen LogP contribution is 2.30. The normalized spacial score (nSPS) is 11.1. The first kappa shape index (κ1) is 24.4. The summed E-state index contributed by atoms with van der Waals surface area (Å²) in [6.07, 6.45) is 3.60. The van der Waals surface area contributed by atoms with E-state index in [1.807, 2.05) is 60.7 Å². The number of oxazole rings is 1. The van der Waals surface area contributed by atoms with Crippen LogP contribution < -0.4 is 9.64 Å². The van der Waals surface area contributed by atoms with Gasteiger partial charge in [-0.05, 0) is 54.8 Å². The summed E-state index contributed by atoms with van der Waals surface area (Å²) < 4.78 is 12.1. The lowest BCUT2D eigenvalue weighted by molar-refractivity contribution is 0.0692. The molecule has 0 aliphatic heterocycles. The van der Waals surface area contributed by atoms with Gasteiger partial charge in [0.1, 0.15) is 16.8 Å². The first-order chi connectivity index (χ1) is 18.2. The molecule has 6 nitrogen and oxygen atoms in total. The van der Waals surface area contributed by atoms with Gasteiger partial charge in [0.2, 0.25) is 0 Å². The molecule has 1 aromatic heterocycles. The SMILES string of the molecule is O=C(O)c1ccc2ccccc2c1OCCCCN(CCCc1ccccc1)c1nc2ccccc2o1. The van der Waals surface area contributed by atoms with Gasteiger partial charge < -0.3 is 19.2 Å². The molecule has 0 aliphatic rings. The van der Waals surface area contributed by atoms with Crippen LogP contribution in [0.5, 0.6) is 5.75 Å². The smallest absolute Gasteiger partial charge is 0.339 e. The van der Waals surface area contributed by atoms with Crippen LogP contribution in [0.4, 0.5) is 6.01 Å². The summed E-state index contributed by atoms with van der Waals surface area (Å²) in [4.78, 5) is 18.7. The summed E-state index contributed by atoms with van der Waals surface area (Å²) in [5, 5.41) is 11.4. The average Bonchev–Trinajstić information content (AvgIpc) is 3.36. The van der Waals surface area contributed by atoms with Crippen molar-refractivity contribution in [2.75, 3.05) is 24.6 Å². The predicted molar refractivity (Wildman–Crippen MR) is 147 cm³/mol. The Bertz CT molecular complexity index is 1450. The fourth-order valence-corrected chi connectivity index (χ4v) is 4.56. The molecule has 1 heterocycles. The van der Waals surface area contributed by atoms with Crippen molar-refractivity contribution in [3.8, 4) is 5.75 Å². The van der Waals surface area contributed by atoms with Crippen LogP contribution in [0, 0.1) is 0 Å². The summed E-state index contributed by atoms with van der Waals surface area (Å²) in [6, 6.07) is 30.1. The minimum Gasteiger partial charge on any atom is -0.492 e. The fraction of sp³-hybridized carbons (Fsp3) is 0.226. The van der Waals surface area contributed by atoms with Crippen molar-refractivity contribution in [3.63, 3.8) is 0 Å². The quantitative estimate of drug-likeness (QED) is 0.189. The van der Waals surface area contributed by atoms with E-state index in [0.29, 0.717) is 18.4 Å². The van der Waals surface area contributed by atoms with Gasteiger partial charge in [0.25, 0.3) is 6.01 Å². The summed E-state index contributed by atoms with van der Waals surface area (Å²) >= 11 is 0. The van der Waals surface area contributed by atoms with E-state index in [4.69, 9.17) is 14.1 Å². The van der Waals surface area contributed by atoms with E-state index in [0.717, 1.165) is 60.6 Å². The van der Waals surface area contributed by atoms with Gasteiger partial charge in [-0.1, -0.05) is 72.8 Å². The summed E-state index contributed by atoms with van der Waals surface area (Å²) in [5.74, 6) is -0.550. The third-order valence-electron chi connectivity index (χ3n) is 6.47. The van der Waals surface area contributed by atoms with Crippen molar-refractivity contribution in [2.24, 2.45) is 0 Å². The summed E-state index contributed by atoms with van der Waals surface area (Å²) in [7, 11) is 0. The van der Waals surface area contributed by atoms with Gasteiger partial charge in [-0.2, -0.15) is 4.98 Å². The Morgan fingerprint density at radius 2 is 1.59 bits per heavy atom. The van der Waals surface area contributed by atoms with Crippen LogP contribution in [0.1, 0.15) is 35.2 Å². The number of anilines is 1. The standard InChI is InChI=1S/C31H30N2O4/c34-30(35)26-19-18-24-14-4-5-15-25(24)29(26)36-22-9-8-20-33(21-10-13-23-11-2-1-3-12-23)31-32-27-16-6-7-17-28(27)37-31/h1-7,11-12,14-19H,8-10,13,20-22H2,(H,34,35). The van der Waals surface area contributed by atoms with Crippen LogP contribution in [0.25, 0.3) is 21.9 Å². The number of ether oxygens (including phenoxy) is 1. The molecule has 0 bridgehead atoms. The number of rotatable bonds is 12. The van der Waals surface area contributed by atoms with Gasteiger partial charge in [-0.3, -0.25) is 0 Å². The van der Waals surface area contributed by atoms with Crippen molar-refractivity contribution in [3.05, 3.63) is 102 Å². The molecule has 0 saturated heterocycles. The number of unbranched alkanes of at least 4 members (excludes halogenated alkanes) is 1. The van der Waals surface area contributed by atoms with Gasteiger partial charge in [0.05, 0.1) is 6.61 Å². The second-order valence-electron chi connectivity index (χ2n) is 9.06. The maximum Gasteiger partial charge on any atom is 0.339 e. The van der Waals surface area contributed by atoms with Crippen LogP contribution in [-0.2, 0) is 6.42 Å². The first-order valence-corrected chi connectivity index (χ1v) is 12.7. The molecule has 5 aromatic rings. The van der Waals surface area contributed by atoms with Crippen LogP contribution in [0.3, 0.4) is 0 Å². The van der Waals surface area contributed by atoms with E-state index in [2.05, 4.69) is 29.2 Å². The summed E-state index contributed by atoms with van der Waals surface area (Å²) in [5.41, 5.74) is 3.14. The third kappa shape index (κ3) is 5.92. The number of aryl methyl sites for hydroxylation is 1. The molecule has 0 radical (unpaired) electrons. The third-order valence-corrected chi connectivity index (χ3v) is 6.47. The molecule has 4 aromatic carbocycles. The Hall–Kier alpha value is -4.32. The number of carboxylic acids is 1. The van der Waals surface area contributed by atoms with Crippen LogP contribution in [-0.4, -0.2) is 35.8 Å². The van der Waals surface area contributed by atoms with Gasteiger partial charge in [0.15, 0.2) is 5.58 Å². The lowest BCUT2D eigenvalue weighted by Crippen LogP contribution is -2.26. The molecule has 0 fully saturated rings. The average molecular weight is 495 g/mol. The Kier molecular flexibility index (Phi) is 7.65. The largest absolute Gasteiger partial charge is 0.492 e. The highest BCUT2D eigenvalue weighted by Gasteiger charge is 2.16.